The van der Waals surface area contributed by atoms with Crippen LogP contribution >= 0.6 is 0 Å². The summed E-state index contributed by atoms with van der Waals surface area (Å²) in [5, 5.41) is 2.39. The van der Waals surface area contributed by atoms with Crippen molar-refractivity contribution in [3.05, 3.63) is 206 Å². The van der Waals surface area contributed by atoms with Gasteiger partial charge < -0.3 is 4.90 Å². The molecule has 0 saturated heterocycles. The van der Waals surface area contributed by atoms with Gasteiger partial charge in [0.25, 0.3) is 0 Å². The Morgan fingerprint density at radius 1 is 0.327 bits per heavy atom. The Labute approximate surface area is 288 Å². The molecule has 1 heteroatoms. The summed E-state index contributed by atoms with van der Waals surface area (Å²) < 4.78 is 0. The van der Waals surface area contributed by atoms with Crippen LogP contribution in [0.25, 0.3) is 61.4 Å². The second kappa shape index (κ2) is 13.4. The minimum Gasteiger partial charge on any atom is -0.310 e. The fraction of sp³-hybridized carbons (Fsp3) is 0. The first kappa shape index (κ1) is 29.9. The summed E-state index contributed by atoms with van der Waals surface area (Å²) in [6.07, 6.45) is 1.90. The summed E-state index contributed by atoms with van der Waals surface area (Å²) in [7, 11) is 0. The average molecular weight is 626 g/mol. The average Bonchev–Trinajstić information content (AvgIpc) is 3.19. The highest BCUT2D eigenvalue weighted by Gasteiger charge is 2.16. The third-order valence-corrected chi connectivity index (χ3v) is 9.24. The van der Waals surface area contributed by atoms with Crippen molar-refractivity contribution in [2.24, 2.45) is 0 Å². The molecule has 232 valence electrons. The molecule has 0 heterocycles. The van der Waals surface area contributed by atoms with Gasteiger partial charge in [-0.05, 0) is 103 Å². The molecule has 0 N–H and O–H groups in total. The summed E-state index contributed by atoms with van der Waals surface area (Å²) in [5.41, 5.74) is 14.1. The summed E-state index contributed by atoms with van der Waals surface area (Å²) in [4.78, 5) is 2.35. The molecular formula is C48H35N. The first-order valence-corrected chi connectivity index (χ1v) is 16.7. The Morgan fingerprint density at radius 2 is 0.694 bits per heavy atom. The standard InChI is InChI=1S/C48H35N/c1-2-35-21-22-41-34-44(32-27-40(41)33-35)49(42-28-23-38(24-29-42)47-19-11-9-17-45(47)36-13-5-3-6-14-36)43-30-25-39(26-31-43)48-20-12-10-18-46(48)37-15-7-4-8-16-37/h2-34H,1H2. The van der Waals surface area contributed by atoms with Crippen molar-refractivity contribution in [3.63, 3.8) is 0 Å². The minimum atomic E-state index is 1.10. The van der Waals surface area contributed by atoms with Crippen LogP contribution in [0.4, 0.5) is 17.1 Å². The fourth-order valence-corrected chi connectivity index (χ4v) is 6.75. The monoisotopic (exact) mass is 625 g/mol. The predicted molar refractivity (Wildman–Crippen MR) is 210 cm³/mol. The third-order valence-electron chi connectivity index (χ3n) is 9.24. The molecule has 49 heavy (non-hydrogen) atoms. The van der Waals surface area contributed by atoms with Gasteiger partial charge in [0.15, 0.2) is 0 Å². The SMILES string of the molecule is C=Cc1ccc2cc(N(c3ccc(-c4ccccc4-c4ccccc4)cc3)c3ccc(-c4ccccc4-c4ccccc4)cc3)ccc2c1. The van der Waals surface area contributed by atoms with Gasteiger partial charge in [-0.2, -0.15) is 0 Å². The molecule has 0 aromatic heterocycles. The molecule has 0 amide bonds. The lowest BCUT2D eigenvalue weighted by atomic mass is 9.94. The topological polar surface area (TPSA) is 3.24 Å². The zero-order valence-corrected chi connectivity index (χ0v) is 27.2. The number of nitrogens with zero attached hydrogens (tertiary/aromatic N) is 1. The second-order valence-electron chi connectivity index (χ2n) is 12.2. The molecule has 8 aromatic carbocycles. The number of fused-ring (bicyclic) bond motifs is 1. The van der Waals surface area contributed by atoms with Gasteiger partial charge in [-0.15, -0.1) is 0 Å². The van der Waals surface area contributed by atoms with Crippen LogP contribution in [-0.4, -0.2) is 0 Å². The number of anilines is 3. The van der Waals surface area contributed by atoms with E-state index in [2.05, 4.69) is 206 Å². The number of hydrogen-bond acceptors (Lipinski definition) is 1. The molecule has 0 aliphatic rings. The Bertz CT molecular complexity index is 2240. The number of rotatable bonds is 8. The molecule has 0 fully saturated rings. The molecular weight excluding hydrogens is 591 g/mol. The molecule has 0 spiro atoms. The van der Waals surface area contributed by atoms with E-state index >= 15 is 0 Å². The van der Waals surface area contributed by atoms with Crippen LogP contribution in [0.1, 0.15) is 5.56 Å². The molecule has 0 aliphatic heterocycles. The Balaban J connectivity index is 1.21. The lowest BCUT2D eigenvalue weighted by Crippen LogP contribution is -2.10. The Kier molecular flexibility index (Phi) is 8.16. The zero-order chi connectivity index (χ0) is 33.0. The summed E-state index contributed by atoms with van der Waals surface area (Å²) >= 11 is 0. The quantitative estimate of drug-likeness (QED) is 0.162. The van der Waals surface area contributed by atoms with Crippen LogP contribution in [-0.2, 0) is 0 Å². The van der Waals surface area contributed by atoms with Gasteiger partial charge in [-0.3, -0.25) is 0 Å². The van der Waals surface area contributed by atoms with Gasteiger partial charge in [-0.1, -0.05) is 164 Å². The van der Waals surface area contributed by atoms with Gasteiger partial charge in [0.1, 0.15) is 0 Å². The molecule has 8 rings (SSSR count). The Hall–Kier alpha value is -6.44. The summed E-state index contributed by atoms with van der Waals surface area (Å²) in [5.74, 6) is 0. The maximum atomic E-state index is 3.96. The third kappa shape index (κ3) is 6.06. The van der Waals surface area contributed by atoms with Crippen LogP contribution in [0.5, 0.6) is 0 Å². The van der Waals surface area contributed by atoms with E-state index in [1.54, 1.807) is 0 Å². The first-order chi connectivity index (χ1) is 24.2. The van der Waals surface area contributed by atoms with Crippen LogP contribution in [0.2, 0.25) is 0 Å². The molecule has 1 nitrogen and oxygen atoms in total. The van der Waals surface area contributed by atoms with E-state index in [1.165, 1.54) is 55.3 Å². The van der Waals surface area contributed by atoms with Crippen molar-refractivity contribution in [2.45, 2.75) is 0 Å². The van der Waals surface area contributed by atoms with Gasteiger partial charge >= 0.3 is 0 Å². The van der Waals surface area contributed by atoms with Crippen molar-refractivity contribution < 1.29 is 0 Å². The van der Waals surface area contributed by atoms with E-state index in [0.717, 1.165) is 22.6 Å². The maximum absolute atomic E-state index is 3.96. The van der Waals surface area contributed by atoms with Gasteiger partial charge in [0, 0.05) is 17.1 Å². The van der Waals surface area contributed by atoms with E-state index in [4.69, 9.17) is 0 Å². The minimum absolute atomic E-state index is 1.10. The Morgan fingerprint density at radius 3 is 1.14 bits per heavy atom. The van der Waals surface area contributed by atoms with E-state index in [1.807, 2.05) is 6.08 Å². The summed E-state index contributed by atoms with van der Waals surface area (Å²) in [6, 6.07) is 69.6. The van der Waals surface area contributed by atoms with E-state index in [9.17, 15) is 0 Å². The molecule has 0 atom stereocenters. The fourth-order valence-electron chi connectivity index (χ4n) is 6.75. The lowest BCUT2D eigenvalue weighted by Gasteiger charge is -2.26. The highest BCUT2D eigenvalue weighted by molar-refractivity contribution is 5.92. The predicted octanol–water partition coefficient (Wildman–Crippen LogP) is 13.6. The molecule has 0 radical (unpaired) electrons. The highest BCUT2D eigenvalue weighted by Crippen LogP contribution is 2.40. The van der Waals surface area contributed by atoms with Crippen molar-refractivity contribution >= 4 is 33.9 Å². The number of benzene rings is 8. The van der Waals surface area contributed by atoms with Crippen LogP contribution in [0.15, 0.2) is 201 Å². The largest absolute Gasteiger partial charge is 0.310 e. The smallest absolute Gasteiger partial charge is 0.0468 e. The van der Waals surface area contributed by atoms with Crippen molar-refractivity contribution in [1.82, 2.24) is 0 Å². The van der Waals surface area contributed by atoms with Crippen LogP contribution in [0, 0.1) is 0 Å². The van der Waals surface area contributed by atoms with E-state index in [0.29, 0.717) is 0 Å². The van der Waals surface area contributed by atoms with E-state index < -0.39 is 0 Å². The van der Waals surface area contributed by atoms with Crippen molar-refractivity contribution in [1.29, 1.82) is 0 Å². The molecule has 0 unspecified atom stereocenters. The van der Waals surface area contributed by atoms with Gasteiger partial charge in [-0.25, -0.2) is 0 Å². The molecule has 0 bridgehead atoms. The maximum Gasteiger partial charge on any atom is 0.0468 e. The van der Waals surface area contributed by atoms with Gasteiger partial charge in [0.2, 0.25) is 0 Å². The second-order valence-corrected chi connectivity index (χ2v) is 12.2. The normalized spacial score (nSPS) is 10.9. The van der Waals surface area contributed by atoms with Crippen LogP contribution < -0.4 is 4.90 Å². The van der Waals surface area contributed by atoms with Crippen molar-refractivity contribution in [2.75, 3.05) is 4.90 Å². The first-order valence-electron chi connectivity index (χ1n) is 16.7. The van der Waals surface area contributed by atoms with Crippen LogP contribution in [0.3, 0.4) is 0 Å². The van der Waals surface area contributed by atoms with Crippen molar-refractivity contribution in [3.8, 4) is 44.5 Å². The lowest BCUT2D eigenvalue weighted by molar-refractivity contribution is 1.29. The molecule has 0 aliphatic carbocycles. The highest BCUT2D eigenvalue weighted by atomic mass is 15.1. The number of hydrogen-bond donors (Lipinski definition) is 0. The molecule has 8 aromatic rings. The zero-order valence-electron chi connectivity index (χ0n) is 27.2. The molecule has 0 saturated carbocycles. The van der Waals surface area contributed by atoms with E-state index in [-0.39, 0.29) is 0 Å². The van der Waals surface area contributed by atoms with Gasteiger partial charge in [0.05, 0.1) is 0 Å². The summed E-state index contributed by atoms with van der Waals surface area (Å²) in [6.45, 7) is 3.96.